The lowest BCUT2D eigenvalue weighted by molar-refractivity contribution is -0.129. The molecule has 0 saturated carbocycles. The number of nitrogens with zero attached hydrogens (tertiary/aromatic N) is 2. The lowest BCUT2D eigenvalue weighted by Crippen LogP contribution is -2.39. The van der Waals surface area contributed by atoms with Crippen molar-refractivity contribution in [2.75, 3.05) is 20.1 Å². The third-order valence-electron chi connectivity index (χ3n) is 3.65. The molecule has 4 heteroatoms. The highest BCUT2D eigenvalue weighted by Gasteiger charge is 2.34. The zero-order chi connectivity index (χ0) is 13.0. The number of carbonyl (C=O) groups excluding carboxylic acids is 1. The second kappa shape index (κ2) is 6.36. The van der Waals surface area contributed by atoms with Gasteiger partial charge in [0.05, 0.1) is 12.2 Å². The highest BCUT2D eigenvalue weighted by Crippen LogP contribution is 2.13. The highest BCUT2D eigenvalue weighted by atomic mass is 16.2. The molecule has 0 radical (unpaired) electrons. The molecule has 1 heterocycles. The van der Waals surface area contributed by atoms with Gasteiger partial charge in [-0.3, -0.25) is 10.1 Å². The molecule has 0 aromatic heterocycles. The van der Waals surface area contributed by atoms with Crippen LogP contribution in [0.25, 0.3) is 0 Å². The van der Waals surface area contributed by atoms with Crippen LogP contribution in [0.2, 0.25) is 0 Å². The fraction of sp³-hybridized carbons (Fsp3) is 0.923. The third-order valence-corrected chi connectivity index (χ3v) is 3.65. The first-order valence-corrected chi connectivity index (χ1v) is 6.74. The van der Waals surface area contributed by atoms with Gasteiger partial charge in [0, 0.05) is 12.6 Å². The predicted octanol–water partition coefficient (Wildman–Crippen LogP) is 1.27. The zero-order valence-electron chi connectivity index (χ0n) is 11.9. The Kier molecular flexibility index (Phi) is 5.40. The molecule has 1 N–H and O–H groups in total. The van der Waals surface area contributed by atoms with E-state index >= 15 is 0 Å². The van der Waals surface area contributed by atoms with Crippen molar-refractivity contribution in [1.82, 2.24) is 15.1 Å². The number of amides is 1. The van der Waals surface area contributed by atoms with Crippen molar-refractivity contribution in [2.45, 2.75) is 58.8 Å². The maximum Gasteiger partial charge on any atom is 0.240 e. The van der Waals surface area contributed by atoms with Crippen molar-refractivity contribution in [3.63, 3.8) is 0 Å². The molecule has 1 rings (SSSR count). The molecule has 0 aromatic carbocycles. The van der Waals surface area contributed by atoms with E-state index in [0.29, 0.717) is 6.04 Å². The molecule has 1 aliphatic heterocycles. The summed E-state index contributed by atoms with van der Waals surface area (Å²) in [5.74, 6) is 0.254. The van der Waals surface area contributed by atoms with Crippen LogP contribution in [-0.4, -0.2) is 54.1 Å². The van der Waals surface area contributed by atoms with Gasteiger partial charge in [0.2, 0.25) is 5.91 Å². The van der Waals surface area contributed by atoms with Gasteiger partial charge in [-0.15, -0.1) is 0 Å². The fourth-order valence-electron chi connectivity index (χ4n) is 2.21. The van der Waals surface area contributed by atoms with Gasteiger partial charge >= 0.3 is 0 Å². The van der Waals surface area contributed by atoms with Gasteiger partial charge < -0.3 is 9.80 Å². The smallest absolute Gasteiger partial charge is 0.240 e. The monoisotopic (exact) mass is 241 g/mol. The Balaban J connectivity index is 2.37. The molecule has 2 unspecified atom stereocenters. The van der Waals surface area contributed by atoms with Crippen molar-refractivity contribution < 1.29 is 4.79 Å². The van der Waals surface area contributed by atoms with Crippen LogP contribution in [0.3, 0.4) is 0 Å². The molecular weight excluding hydrogens is 214 g/mol. The second-order valence-electron chi connectivity index (χ2n) is 5.27. The van der Waals surface area contributed by atoms with Gasteiger partial charge in [-0.25, -0.2) is 0 Å². The van der Waals surface area contributed by atoms with Crippen molar-refractivity contribution in [1.29, 1.82) is 0 Å². The first-order valence-electron chi connectivity index (χ1n) is 6.74. The maximum atomic E-state index is 11.9. The SMILES string of the molecule is CCC1NC(C)C(=O)N1CCCN(C)C(C)C. The van der Waals surface area contributed by atoms with Crippen LogP contribution < -0.4 is 5.32 Å². The highest BCUT2D eigenvalue weighted by molar-refractivity contribution is 5.83. The Bertz CT molecular complexity index is 255. The first kappa shape index (κ1) is 14.5. The average Bonchev–Trinajstić information content (AvgIpc) is 2.56. The predicted molar refractivity (Wildman–Crippen MR) is 70.8 cm³/mol. The minimum Gasteiger partial charge on any atom is -0.326 e. The Morgan fingerprint density at radius 1 is 1.47 bits per heavy atom. The number of hydrogen-bond donors (Lipinski definition) is 1. The molecule has 100 valence electrons. The summed E-state index contributed by atoms with van der Waals surface area (Å²) < 4.78 is 0. The van der Waals surface area contributed by atoms with Gasteiger partial charge in [-0.1, -0.05) is 6.92 Å². The largest absolute Gasteiger partial charge is 0.326 e. The molecule has 0 bridgehead atoms. The van der Waals surface area contributed by atoms with Gasteiger partial charge in [0.1, 0.15) is 0 Å². The summed E-state index contributed by atoms with van der Waals surface area (Å²) in [6, 6.07) is 0.561. The zero-order valence-corrected chi connectivity index (χ0v) is 11.9. The normalized spacial score (nSPS) is 25.4. The van der Waals surface area contributed by atoms with Crippen molar-refractivity contribution >= 4 is 5.91 Å². The lowest BCUT2D eigenvalue weighted by atomic mass is 10.2. The standard InChI is InChI=1S/C13H27N3O/c1-6-12-14-11(4)13(17)16(12)9-7-8-15(5)10(2)3/h10-12,14H,6-9H2,1-5H3. The molecule has 1 aliphatic rings. The Morgan fingerprint density at radius 2 is 2.12 bits per heavy atom. The van der Waals surface area contributed by atoms with Crippen molar-refractivity contribution in [2.24, 2.45) is 0 Å². The van der Waals surface area contributed by atoms with Crippen LogP contribution in [0.4, 0.5) is 0 Å². The molecule has 17 heavy (non-hydrogen) atoms. The summed E-state index contributed by atoms with van der Waals surface area (Å²) in [6.45, 7) is 10.4. The molecule has 2 atom stereocenters. The first-order chi connectivity index (χ1) is 7.97. The molecule has 1 fully saturated rings. The van der Waals surface area contributed by atoms with Gasteiger partial charge in [-0.2, -0.15) is 0 Å². The van der Waals surface area contributed by atoms with Crippen LogP contribution >= 0.6 is 0 Å². The second-order valence-corrected chi connectivity index (χ2v) is 5.27. The van der Waals surface area contributed by atoms with Crippen LogP contribution in [0.1, 0.15) is 40.5 Å². The molecule has 0 spiro atoms. The molecule has 0 aliphatic carbocycles. The average molecular weight is 241 g/mol. The summed E-state index contributed by atoms with van der Waals surface area (Å²) in [6.07, 6.45) is 2.27. The fourth-order valence-corrected chi connectivity index (χ4v) is 2.21. The van der Waals surface area contributed by atoms with E-state index in [4.69, 9.17) is 0 Å². The number of rotatable bonds is 6. The summed E-state index contributed by atoms with van der Waals surface area (Å²) in [7, 11) is 2.13. The summed E-state index contributed by atoms with van der Waals surface area (Å²) in [5, 5.41) is 3.33. The number of hydrogen-bond acceptors (Lipinski definition) is 3. The van der Waals surface area contributed by atoms with Crippen molar-refractivity contribution in [3.8, 4) is 0 Å². The maximum absolute atomic E-state index is 11.9. The number of nitrogens with one attached hydrogen (secondary N) is 1. The molecular formula is C13H27N3O. The summed E-state index contributed by atoms with van der Waals surface area (Å²) in [4.78, 5) is 16.3. The Morgan fingerprint density at radius 3 is 2.65 bits per heavy atom. The van der Waals surface area contributed by atoms with E-state index in [1.807, 2.05) is 11.8 Å². The molecule has 4 nitrogen and oxygen atoms in total. The topological polar surface area (TPSA) is 35.6 Å². The van der Waals surface area contributed by atoms with Crippen LogP contribution in [0.5, 0.6) is 0 Å². The molecule has 0 aromatic rings. The summed E-state index contributed by atoms with van der Waals surface area (Å²) >= 11 is 0. The van der Waals surface area contributed by atoms with Gasteiger partial charge in [-0.05, 0) is 47.2 Å². The quantitative estimate of drug-likeness (QED) is 0.761. The lowest BCUT2D eigenvalue weighted by Gasteiger charge is -2.26. The minimum absolute atomic E-state index is 0.0113. The minimum atomic E-state index is -0.0113. The van der Waals surface area contributed by atoms with Crippen LogP contribution in [0, 0.1) is 0 Å². The Hall–Kier alpha value is -0.610. The van der Waals surface area contributed by atoms with E-state index in [1.54, 1.807) is 0 Å². The van der Waals surface area contributed by atoms with Crippen molar-refractivity contribution in [3.05, 3.63) is 0 Å². The van der Waals surface area contributed by atoms with E-state index in [1.165, 1.54) is 0 Å². The third kappa shape index (κ3) is 3.68. The Labute approximate surface area is 105 Å². The van der Waals surface area contributed by atoms with Gasteiger partial charge in [0.15, 0.2) is 0 Å². The van der Waals surface area contributed by atoms with E-state index in [0.717, 1.165) is 25.9 Å². The van der Waals surface area contributed by atoms with E-state index < -0.39 is 0 Å². The summed E-state index contributed by atoms with van der Waals surface area (Å²) in [5.41, 5.74) is 0. The van der Waals surface area contributed by atoms with Gasteiger partial charge in [0.25, 0.3) is 0 Å². The molecule has 1 saturated heterocycles. The van der Waals surface area contributed by atoms with Crippen LogP contribution in [-0.2, 0) is 4.79 Å². The van der Waals surface area contributed by atoms with E-state index in [2.05, 4.69) is 38.0 Å². The van der Waals surface area contributed by atoms with Crippen LogP contribution in [0.15, 0.2) is 0 Å². The number of carbonyl (C=O) groups is 1. The van der Waals surface area contributed by atoms with E-state index in [9.17, 15) is 4.79 Å². The molecule has 1 amide bonds. The van der Waals surface area contributed by atoms with E-state index in [-0.39, 0.29) is 18.1 Å².